The number of ether oxygens (including phenoxy) is 1. The number of aryl methyl sites for hydroxylation is 1. The van der Waals surface area contributed by atoms with Crippen molar-refractivity contribution in [2.24, 2.45) is 16.5 Å². The molecule has 154 valence electrons. The van der Waals surface area contributed by atoms with Crippen LogP contribution in [0.25, 0.3) is 11.3 Å². The molecule has 1 saturated carbocycles. The third-order valence-corrected chi connectivity index (χ3v) is 4.95. The predicted molar refractivity (Wildman–Crippen MR) is 114 cm³/mol. The zero-order chi connectivity index (χ0) is 21.1. The summed E-state index contributed by atoms with van der Waals surface area (Å²) < 4.78 is 4.91. The van der Waals surface area contributed by atoms with Gasteiger partial charge in [0.2, 0.25) is 5.95 Å². The second kappa shape index (κ2) is 7.82. The number of rotatable bonds is 5. The molecule has 30 heavy (non-hydrogen) atoms. The minimum atomic E-state index is -0.583. The van der Waals surface area contributed by atoms with Crippen molar-refractivity contribution in [1.82, 2.24) is 19.9 Å². The van der Waals surface area contributed by atoms with Crippen LogP contribution in [0.3, 0.4) is 0 Å². The maximum atomic E-state index is 7.21. The SMILES string of the molecule is Cc1cc(Nc2ncccn2)cc(-c2cnc(C3(N=C(N)OC(=N)N)CCC3)[nH]2)c1. The van der Waals surface area contributed by atoms with E-state index in [0.717, 1.165) is 41.8 Å². The Labute approximate surface area is 173 Å². The molecule has 0 atom stereocenters. The Morgan fingerprint density at radius 1 is 1.20 bits per heavy atom. The van der Waals surface area contributed by atoms with Crippen molar-refractivity contribution in [2.75, 3.05) is 5.32 Å². The van der Waals surface area contributed by atoms with E-state index in [0.29, 0.717) is 11.8 Å². The van der Waals surface area contributed by atoms with E-state index in [2.05, 4.69) is 36.3 Å². The fraction of sp³-hybridized carbons (Fsp3) is 0.250. The van der Waals surface area contributed by atoms with E-state index in [-0.39, 0.29) is 6.02 Å². The average molecular weight is 405 g/mol. The summed E-state index contributed by atoms with van der Waals surface area (Å²) in [4.78, 5) is 20.8. The van der Waals surface area contributed by atoms with Gasteiger partial charge in [-0.1, -0.05) is 0 Å². The highest BCUT2D eigenvalue weighted by Crippen LogP contribution is 2.44. The lowest BCUT2D eigenvalue weighted by Crippen LogP contribution is -2.37. The first kappa shape index (κ1) is 19.4. The van der Waals surface area contributed by atoms with Gasteiger partial charge in [-0.05, 0) is 56.0 Å². The topological polar surface area (TPSA) is 164 Å². The van der Waals surface area contributed by atoms with Gasteiger partial charge in [0.25, 0.3) is 12.0 Å². The predicted octanol–water partition coefficient (Wildman–Crippen LogP) is 2.52. The number of aliphatic imine (C=N–C) groups is 1. The second-order valence-electron chi connectivity index (χ2n) is 7.23. The van der Waals surface area contributed by atoms with Crippen molar-refractivity contribution in [1.29, 1.82) is 5.41 Å². The molecule has 2 heterocycles. The second-order valence-corrected chi connectivity index (χ2v) is 7.23. The molecular formula is C20H23N9O. The fourth-order valence-corrected chi connectivity index (χ4v) is 3.47. The summed E-state index contributed by atoms with van der Waals surface area (Å²) in [5, 5.41) is 10.4. The Bertz CT molecular complexity index is 1090. The van der Waals surface area contributed by atoms with Crippen molar-refractivity contribution < 1.29 is 4.74 Å². The van der Waals surface area contributed by atoms with Crippen LogP contribution < -0.4 is 16.8 Å². The van der Waals surface area contributed by atoms with Crippen molar-refractivity contribution in [2.45, 2.75) is 31.7 Å². The van der Waals surface area contributed by atoms with Crippen LogP contribution in [0.2, 0.25) is 0 Å². The molecule has 1 aliphatic carbocycles. The van der Waals surface area contributed by atoms with Crippen molar-refractivity contribution in [3.8, 4) is 11.3 Å². The summed E-state index contributed by atoms with van der Waals surface area (Å²) >= 11 is 0. The van der Waals surface area contributed by atoms with E-state index in [1.807, 2.05) is 19.1 Å². The lowest BCUT2D eigenvalue weighted by molar-refractivity contribution is 0.238. The maximum absolute atomic E-state index is 7.21. The summed E-state index contributed by atoms with van der Waals surface area (Å²) in [5.74, 6) is 1.24. The molecule has 0 spiro atoms. The third-order valence-electron chi connectivity index (χ3n) is 4.95. The van der Waals surface area contributed by atoms with Gasteiger partial charge in [0.05, 0.1) is 11.9 Å². The first-order chi connectivity index (χ1) is 14.4. The summed E-state index contributed by atoms with van der Waals surface area (Å²) in [7, 11) is 0. The van der Waals surface area contributed by atoms with Gasteiger partial charge in [-0.2, -0.15) is 0 Å². The first-order valence-electron chi connectivity index (χ1n) is 9.52. The number of anilines is 2. The Morgan fingerprint density at radius 2 is 1.97 bits per heavy atom. The number of aromatic nitrogens is 4. The molecule has 2 aromatic heterocycles. The smallest absolute Gasteiger partial charge is 0.290 e. The van der Waals surface area contributed by atoms with Gasteiger partial charge >= 0.3 is 0 Å². The molecule has 10 heteroatoms. The van der Waals surface area contributed by atoms with Gasteiger partial charge in [0.15, 0.2) is 0 Å². The number of amidine groups is 2. The first-order valence-corrected chi connectivity index (χ1v) is 9.52. The van der Waals surface area contributed by atoms with Crippen LogP contribution in [0.15, 0.2) is 47.8 Å². The maximum Gasteiger partial charge on any atom is 0.290 e. The van der Waals surface area contributed by atoms with Gasteiger partial charge in [0.1, 0.15) is 11.4 Å². The molecule has 0 bridgehead atoms. The van der Waals surface area contributed by atoms with Gasteiger partial charge in [-0.15, -0.1) is 0 Å². The lowest BCUT2D eigenvalue weighted by atomic mass is 9.76. The molecule has 1 fully saturated rings. The van der Waals surface area contributed by atoms with Crippen LogP contribution in [-0.2, 0) is 10.3 Å². The summed E-state index contributed by atoms with van der Waals surface area (Å²) in [6, 6.07) is 7.24. The zero-order valence-electron chi connectivity index (χ0n) is 16.5. The zero-order valence-corrected chi connectivity index (χ0v) is 16.5. The highest BCUT2D eigenvalue weighted by Gasteiger charge is 2.42. The number of imidazole rings is 1. The van der Waals surface area contributed by atoms with E-state index >= 15 is 0 Å². The standard InChI is InChI=1S/C20H23N9O/c1-12-8-13(10-14(9-12)27-19-24-6-3-7-25-19)15-11-26-16(28-15)20(4-2-5-20)29-18(23)30-17(21)22/h3,6-11H,2,4-5H2,1H3,(H3,21,22)(H2,23,29)(H,26,28)(H,24,25,27). The van der Waals surface area contributed by atoms with Crippen LogP contribution in [0.5, 0.6) is 0 Å². The van der Waals surface area contributed by atoms with Crippen molar-refractivity contribution >= 4 is 23.7 Å². The molecule has 0 radical (unpaired) electrons. The van der Waals surface area contributed by atoms with Crippen molar-refractivity contribution in [3.05, 3.63) is 54.2 Å². The number of benzene rings is 1. The molecule has 1 aliphatic rings. The molecule has 4 rings (SSSR count). The molecule has 7 N–H and O–H groups in total. The van der Waals surface area contributed by atoms with Gasteiger partial charge in [0, 0.05) is 23.6 Å². The summed E-state index contributed by atoms with van der Waals surface area (Å²) in [5.41, 5.74) is 14.2. The van der Waals surface area contributed by atoms with E-state index in [1.165, 1.54) is 0 Å². The minimum Gasteiger partial charge on any atom is -0.393 e. The Hall–Kier alpha value is -3.95. The van der Waals surface area contributed by atoms with Crippen LogP contribution in [0.4, 0.5) is 11.6 Å². The third kappa shape index (κ3) is 4.07. The number of nitrogens with two attached hydrogens (primary N) is 2. The molecule has 1 aromatic carbocycles. The van der Waals surface area contributed by atoms with Crippen LogP contribution in [0.1, 0.15) is 30.7 Å². The monoisotopic (exact) mass is 405 g/mol. The normalized spacial score (nSPS) is 15.3. The highest BCUT2D eigenvalue weighted by molar-refractivity contribution is 5.86. The van der Waals surface area contributed by atoms with Crippen LogP contribution in [-0.4, -0.2) is 32.0 Å². The minimum absolute atomic E-state index is 0.134. The molecule has 0 unspecified atom stereocenters. The number of nitrogens with zero attached hydrogens (tertiary/aromatic N) is 4. The summed E-state index contributed by atoms with van der Waals surface area (Å²) in [6.07, 6.45) is 7.73. The molecule has 3 aromatic rings. The number of nitrogens with one attached hydrogen (secondary N) is 3. The molecule has 0 amide bonds. The highest BCUT2D eigenvalue weighted by atomic mass is 16.5. The van der Waals surface area contributed by atoms with Gasteiger partial charge in [-0.3, -0.25) is 5.41 Å². The van der Waals surface area contributed by atoms with Gasteiger partial charge < -0.3 is 26.5 Å². The van der Waals surface area contributed by atoms with E-state index in [4.69, 9.17) is 21.6 Å². The Morgan fingerprint density at radius 3 is 2.63 bits per heavy atom. The fourth-order valence-electron chi connectivity index (χ4n) is 3.47. The van der Waals surface area contributed by atoms with Crippen LogP contribution >= 0.6 is 0 Å². The molecule has 0 aliphatic heterocycles. The Kier molecular flexibility index (Phi) is 5.05. The van der Waals surface area contributed by atoms with Crippen molar-refractivity contribution in [3.63, 3.8) is 0 Å². The van der Waals surface area contributed by atoms with E-state index in [1.54, 1.807) is 24.7 Å². The number of hydrogen-bond acceptors (Lipinski definition) is 7. The van der Waals surface area contributed by atoms with E-state index in [9.17, 15) is 0 Å². The molecule has 10 nitrogen and oxygen atoms in total. The molecule has 0 saturated heterocycles. The largest absolute Gasteiger partial charge is 0.393 e. The average Bonchev–Trinajstić information content (AvgIpc) is 3.15. The Balaban J connectivity index is 1.61. The van der Waals surface area contributed by atoms with Gasteiger partial charge in [-0.25, -0.2) is 19.9 Å². The lowest BCUT2D eigenvalue weighted by Gasteiger charge is -2.36. The van der Waals surface area contributed by atoms with E-state index < -0.39 is 11.6 Å². The quantitative estimate of drug-likeness (QED) is 0.321. The number of hydrogen-bond donors (Lipinski definition) is 5. The number of H-pyrrole nitrogens is 1. The molecular weight excluding hydrogens is 382 g/mol. The van der Waals surface area contributed by atoms with Crippen LogP contribution in [0, 0.1) is 12.3 Å². The summed E-state index contributed by atoms with van der Waals surface area (Å²) in [6.45, 7) is 2.02. The number of aromatic amines is 1.